The highest BCUT2D eigenvalue weighted by Crippen LogP contribution is 2.30. The van der Waals surface area contributed by atoms with Crippen LogP contribution in [0.1, 0.15) is 42.5 Å². The maximum absolute atomic E-state index is 12.0. The van der Waals surface area contributed by atoms with E-state index in [1.807, 2.05) is 6.07 Å². The summed E-state index contributed by atoms with van der Waals surface area (Å²) in [5, 5.41) is 3.60. The maximum atomic E-state index is 12.0. The third-order valence-corrected chi connectivity index (χ3v) is 4.58. The number of methoxy groups -OCH3 is 1. The molecule has 114 valence electrons. The van der Waals surface area contributed by atoms with Gasteiger partial charge in [-0.1, -0.05) is 0 Å². The number of carbonyl (C=O) groups excluding carboxylic acids is 1. The van der Waals surface area contributed by atoms with Crippen LogP contribution in [0.15, 0.2) is 18.3 Å². The Morgan fingerprint density at radius 1 is 1.38 bits per heavy atom. The maximum Gasteiger partial charge on any atom is 0.341 e. The molecule has 0 radical (unpaired) electrons. The average molecular weight is 289 g/mol. The zero-order chi connectivity index (χ0) is 14.7. The van der Waals surface area contributed by atoms with Crippen LogP contribution in [0.4, 0.5) is 5.82 Å². The van der Waals surface area contributed by atoms with E-state index in [0.717, 1.165) is 31.7 Å². The van der Waals surface area contributed by atoms with Gasteiger partial charge < -0.3 is 15.0 Å². The number of pyridine rings is 1. The fourth-order valence-electron chi connectivity index (χ4n) is 3.57. The van der Waals surface area contributed by atoms with Gasteiger partial charge in [-0.15, -0.1) is 0 Å². The number of carbonyl (C=O) groups is 1. The molecule has 3 heterocycles. The van der Waals surface area contributed by atoms with E-state index in [4.69, 9.17) is 4.74 Å². The van der Waals surface area contributed by atoms with Crippen molar-refractivity contribution in [3.05, 3.63) is 23.9 Å². The molecule has 0 aromatic carbocycles. The normalized spacial score (nSPS) is 25.9. The third-order valence-electron chi connectivity index (χ3n) is 4.58. The molecule has 2 unspecified atom stereocenters. The molecule has 0 spiro atoms. The summed E-state index contributed by atoms with van der Waals surface area (Å²) in [6.07, 6.45) is 7.77. The molecule has 0 aliphatic carbocycles. The largest absolute Gasteiger partial charge is 0.465 e. The lowest BCUT2D eigenvalue weighted by molar-refractivity contribution is 0.0600. The van der Waals surface area contributed by atoms with Gasteiger partial charge in [-0.25, -0.2) is 9.78 Å². The minimum absolute atomic E-state index is 0.304. The van der Waals surface area contributed by atoms with Crippen LogP contribution in [0.3, 0.4) is 0 Å². The Labute approximate surface area is 125 Å². The standard InChI is InChI=1S/C16H23N3O2/c1-21-16(20)12-6-4-10-18-15(12)19-11-3-2-8-14(19)13-7-5-9-17-13/h4,6,10,13-14,17H,2-3,5,7-9,11H2,1H3. The molecular weight excluding hydrogens is 266 g/mol. The molecule has 1 N–H and O–H groups in total. The van der Waals surface area contributed by atoms with Gasteiger partial charge in [0.15, 0.2) is 0 Å². The molecule has 1 aromatic rings. The summed E-state index contributed by atoms with van der Waals surface area (Å²) >= 11 is 0. The van der Waals surface area contributed by atoms with Crippen molar-refractivity contribution in [1.82, 2.24) is 10.3 Å². The second kappa shape index (κ2) is 6.43. The predicted octanol–water partition coefficient (Wildman–Crippen LogP) is 1.98. The van der Waals surface area contributed by atoms with Crippen molar-refractivity contribution in [3.8, 4) is 0 Å². The van der Waals surface area contributed by atoms with Crippen LogP contribution >= 0.6 is 0 Å². The number of nitrogens with one attached hydrogen (secondary N) is 1. The Kier molecular flexibility index (Phi) is 4.39. The Hall–Kier alpha value is -1.62. The van der Waals surface area contributed by atoms with E-state index < -0.39 is 0 Å². The highest BCUT2D eigenvalue weighted by Gasteiger charge is 2.34. The number of hydrogen-bond acceptors (Lipinski definition) is 5. The third kappa shape index (κ3) is 2.88. The average Bonchev–Trinajstić information content (AvgIpc) is 3.08. The number of esters is 1. The summed E-state index contributed by atoms with van der Waals surface area (Å²) in [6.45, 7) is 2.06. The second-order valence-corrected chi connectivity index (χ2v) is 5.83. The first-order chi connectivity index (χ1) is 10.3. The molecular formula is C16H23N3O2. The summed E-state index contributed by atoms with van der Waals surface area (Å²) in [5.74, 6) is 0.476. The van der Waals surface area contributed by atoms with Gasteiger partial charge in [0, 0.05) is 24.8 Å². The van der Waals surface area contributed by atoms with E-state index in [1.54, 1.807) is 12.3 Å². The minimum Gasteiger partial charge on any atom is -0.465 e. The van der Waals surface area contributed by atoms with Gasteiger partial charge in [0.1, 0.15) is 11.4 Å². The van der Waals surface area contributed by atoms with Crippen LogP contribution in [0.5, 0.6) is 0 Å². The first-order valence-corrected chi connectivity index (χ1v) is 7.84. The van der Waals surface area contributed by atoms with Gasteiger partial charge in [0.2, 0.25) is 0 Å². The van der Waals surface area contributed by atoms with Crippen LogP contribution < -0.4 is 10.2 Å². The molecule has 2 atom stereocenters. The molecule has 3 rings (SSSR count). The molecule has 2 aliphatic rings. The summed E-state index contributed by atoms with van der Waals surface area (Å²) in [6, 6.07) is 4.54. The number of hydrogen-bond donors (Lipinski definition) is 1. The molecule has 0 saturated carbocycles. The Morgan fingerprint density at radius 2 is 2.29 bits per heavy atom. The van der Waals surface area contributed by atoms with Crippen molar-refractivity contribution in [2.75, 3.05) is 25.1 Å². The van der Waals surface area contributed by atoms with E-state index in [0.29, 0.717) is 17.6 Å². The highest BCUT2D eigenvalue weighted by atomic mass is 16.5. The second-order valence-electron chi connectivity index (χ2n) is 5.83. The first kappa shape index (κ1) is 14.3. The number of anilines is 1. The van der Waals surface area contributed by atoms with Crippen LogP contribution in [0.25, 0.3) is 0 Å². The first-order valence-electron chi connectivity index (χ1n) is 7.84. The van der Waals surface area contributed by atoms with E-state index in [9.17, 15) is 4.79 Å². The van der Waals surface area contributed by atoms with Gasteiger partial charge in [-0.2, -0.15) is 0 Å². The molecule has 2 saturated heterocycles. The predicted molar refractivity (Wildman–Crippen MR) is 81.6 cm³/mol. The fraction of sp³-hybridized carbons (Fsp3) is 0.625. The van der Waals surface area contributed by atoms with Crippen molar-refractivity contribution in [2.24, 2.45) is 0 Å². The summed E-state index contributed by atoms with van der Waals surface area (Å²) in [5.41, 5.74) is 0.574. The molecule has 5 nitrogen and oxygen atoms in total. The number of piperidine rings is 1. The van der Waals surface area contributed by atoms with Gasteiger partial charge in [-0.05, 0) is 50.8 Å². The topological polar surface area (TPSA) is 54.5 Å². The number of rotatable bonds is 3. The number of ether oxygens (including phenoxy) is 1. The van der Waals surface area contributed by atoms with Crippen molar-refractivity contribution in [3.63, 3.8) is 0 Å². The lowest BCUT2D eigenvalue weighted by Gasteiger charge is -2.40. The van der Waals surface area contributed by atoms with Crippen molar-refractivity contribution < 1.29 is 9.53 Å². The summed E-state index contributed by atoms with van der Waals surface area (Å²) < 4.78 is 4.91. The Balaban J connectivity index is 1.91. The SMILES string of the molecule is COC(=O)c1cccnc1N1CCCCC1C1CCCN1. The van der Waals surface area contributed by atoms with E-state index in [-0.39, 0.29) is 5.97 Å². The monoisotopic (exact) mass is 289 g/mol. The van der Waals surface area contributed by atoms with Crippen LogP contribution in [-0.2, 0) is 4.74 Å². The van der Waals surface area contributed by atoms with Gasteiger partial charge in [-0.3, -0.25) is 0 Å². The van der Waals surface area contributed by atoms with E-state index in [2.05, 4.69) is 15.2 Å². The quantitative estimate of drug-likeness (QED) is 0.862. The van der Waals surface area contributed by atoms with Gasteiger partial charge in [0.25, 0.3) is 0 Å². The van der Waals surface area contributed by atoms with Crippen molar-refractivity contribution in [2.45, 2.75) is 44.2 Å². The van der Waals surface area contributed by atoms with E-state index >= 15 is 0 Å². The highest BCUT2D eigenvalue weighted by molar-refractivity contribution is 5.94. The smallest absolute Gasteiger partial charge is 0.341 e. The van der Waals surface area contributed by atoms with Gasteiger partial charge in [0.05, 0.1) is 7.11 Å². The van der Waals surface area contributed by atoms with E-state index in [1.165, 1.54) is 26.4 Å². The van der Waals surface area contributed by atoms with Crippen molar-refractivity contribution in [1.29, 1.82) is 0 Å². The van der Waals surface area contributed by atoms with Crippen LogP contribution in [0, 0.1) is 0 Å². The van der Waals surface area contributed by atoms with Crippen LogP contribution in [-0.4, -0.2) is 43.2 Å². The fourth-order valence-corrected chi connectivity index (χ4v) is 3.57. The Morgan fingerprint density at radius 3 is 3.05 bits per heavy atom. The molecule has 5 heteroatoms. The van der Waals surface area contributed by atoms with Gasteiger partial charge >= 0.3 is 5.97 Å². The molecule has 0 amide bonds. The number of aromatic nitrogens is 1. The molecule has 0 bridgehead atoms. The Bertz CT molecular complexity index is 500. The summed E-state index contributed by atoms with van der Waals surface area (Å²) in [7, 11) is 1.42. The van der Waals surface area contributed by atoms with Crippen LogP contribution in [0.2, 0.25) is 0 Å². The molecule has 2 aliphatic heterocycles. The summed E-state index contributed by atoms with van der Waals surface area (Å²) in [4.78, 5) is 18.8. The minimum atomic E-state index is -0.304. The molecule has 1 aromatic heterocycles. The lowest BCUT2D eigenvalue weighted by Crippen LogP contribution is -2.51. The molecule has 2 fully saturated rings. The molecule has 21 heavy (non-hydrogen) atoms. The zero-order valence-corrected chi connectivity index (χ0v) is 12.5. The number of nitrogens with zero attached hydrogens (tertiary/aromatic N) is 2. The lowest BCUT2D eigenvalue weighted by atomic mass is 9.94. The zero-order valence-electron chi connectivity index (χ0n) is 12.5. The van der Waals surface area contributed by atoms with Crippen molar-refractivity contribution >= 4 is 11.8 Å².